The minimum atomic E-state index is -0.344. The van der Waals surface area contributed by atoms with Crippen LogP contribution in [-0.2, 0) is 0 Å². The molecule has 1 aromatic heterocycles. The number of hydrogen-bond donors (Lipinski definition) is 1. The maximum absolute atomic E-state index is 14.1. The minimum absolute atomic E-state index is 0.344. The molecule has 2 aromatic carbocycles. The predicted molar refractivity (Wildman–Crippen MR) is 79.7 cm³/mol. The van der Waals surface area contributed by atoms with Crippen molar-refractivity contribution in [3.63, 3.8) is 0 Å². The van der Waals surface area contributed by atoms with Crippen LogP contribution < -0.4 is 4.74 Å². The first-order valence-electron chi connectivity index (χ1n) is 6.15. The van der Waals surface area contributed by atoms with E-state index >= 15 is 0 Å². The number of methoxy groups -OCH3 is 1. The molecule has 5 heteroatoms. The number of hydrogen-bond acceptors (Lipinski definition) is 2. The van der Waals surface area contributed by atoms with Crippen LogP contribution in [0.5, 0.6) is 5.75 Å². The van der Waals surface area contributed by atoms with Gasteiger partial charge in [-0.05, 0) is 49.0 Å². The van der Waals surface area contributed by atoms with E-state index in [2.05, 4.69) is 4.98 Å². The van der Waals surface area contributed by atoms with Gasteiger partial charge >= 0.3 is 0 Å². The summed E-state index contributed by atoms with van der Waals surface area (Å²) in [6.45, 7) is 2.00. The van der Waals surface area contributed by atoms with E-state index in [4.69, 9.17) is 17.0 Å². The van der Waals surface area contributed by atoms with Crippen LogP contribution >= 0.6 is 12.2 Å². The Morgan fingerprint density at radius 3 is 2.75 bits per heavy atom. The normalized spacial score (nSPS) is 10.9. The molecule has 0 amide bonds. The zero-order chi connectivity index (χ0) is 14.3. The predicted octanol–water partition coefficient (Wildman–Crippen LogP) is 4.14. The van der Waals surface area contributed by atoms with Crippen molar-refractivity contribution in [1.29, 1.82) is 0 Å². The minimum Gasteiger partial charge on any atom is -0.497 e. The smallest absolute Gasteiger partial charge is 0.182 e. The van der Waals surface area contributed by atoms with Crippen LogP contribution in [0.3, 0.4) is 0 Å². The van der Waals surface area contributed by atoms with Gasteiger partial charge in [0, 0.05) is 6.07 Å². The summed E-state index contributed by atoms with van der Waals surface area (Å²) in [6.07, 6.45) is 0. The molecule has 0 fully saturated rings. The van der Waals surface area contributed by atoms with Gasteiger partial charge in [-0.2, -0.15) is 0 Å². The molecule has 20 heavy (non-hydrogen) atoms. The molecule has 3 nitrogen and oxygen atoms in total. The third-order valence-electron chi connectivity index (χ3n) is 3.23. The lowest BCUT2D eigenvalue weighted by Gasteiger charge is -2.08. The molecule has 0 spiro atoms. The van der Waals surface area contributed by atoms with Crippen molar-refractivity contribution in [1.82, 2.24) is 9.55 Å². The number of halogens is 1. The average Bonchev–Trinajstić information content (AvgIpc) is 2.74. The number of aromatic amines is 1. The van der Waals surface area contributed by atoms with E-state index in [1.807, 2.05) is 25.1 Å². The monoisotopic (exact) mass is 288 g/mol. The zero-order valence-electron chi connectivity index (χ0n) is 11.1. The number of rotatable bonds is 2. The molecule has 0 atom stereocenters. The fraction of sp³-hybridized carbons (Fsp3) is 0.133. The molecule has 3 rings (SSSR count). The Balaban J connectivity index is 2.34. The maximum Gasteiger partial charge on any atom is 0.182 e. The highest BCUT2D eigenvalue weighted by atomic mass is 32.1. The van der Waals surface area contributed by atoms with Gasteiger partial charge in [0.2, 0.25) is 0 Å². The van der Waals surface area contributed by atoms with Crippen LogP contribution in [0.2, 0.25) is 0 Å². The average molecular weight is 288 g/mol. The van der Waals surface area contributed by atoms with E-state index < -0.39 is 0 Å². The third kappa shape index (κ3) is 2.00. The summed E-state index contributed by atoms with van der Waals surface area (Å²) in [5, 5.41) is 0. The van der Waals surface area contributed by atoms with Gasteiger partial charge in [0.25, 0.3) is 0 Å². The van der Waals surface area contributed by atoms with Gasteiger partial charge in [-0.1, -0.05) is 6.07 Å². The molecular formula is C15H13FN2OS. The van der Waals surface area contributed by atoms with Crippen LogP contribution in [0.4, 0.5) is 4.39 Å². The molecule has 0 radical (unpaired) electrons. The summed E-state index contributed by atoms with van der Waals surface area (Å²) in [4.78, 5) is 3.10. The first kappa shape index (κ1) is 12.9. The van der Waals surface area contributed by atoms with Crippen LogP contribution in [0.15, 0.2) is 36.4 Å². The van der Waals surface area contributed by atoms with Crippen molar-refractivity contribution in [2.24, 2.45) is 0 Å². The van der Waals surface area contributed by atoms with E-state index in [0.29, 0.717) is 16.2 Å². The molecule has 0 aliphatic heterocycles. The zero-order valence-corrected chi connectivity index (χ0v) is 11.9. The van der Waals surface area contributed by atoms with E-state index in [9.17, 15) is 4.39 Å². The second-order valence-electron chi connectivity index (χ2n) is 4.60. The Labute approximate surface area is 120 Å². The highest BCUT2D eigenvalue weighted by Gasteiger charge is 2.12. The first-order valence-corrected chi connectivity index (χ1v) is 6.56. The molecular weight excluding hydrogens is 275 g/mol. The molecule has 102 valence electrons. The Bertz CT molecular complexity index is 851. The van der Waals surface area contributed by atoms with Gasteiger partial charge in [-0.15, -0.1) is 0 Å². The number of aromatic nitrogens is 2. The Morgan fingerprint density at radius 1 is 1.20 bits per heavy atom. The summed E-state index contributed by atoms with van der Waals surface area (Å²) < 4.78 is 21.4. The second-order valence-corrected chi connectivity index (χ2v) is 4.99. The second kappa shape index (κ2) is 4.76. The van der Waals surface area contributed by atoms with Crippen molar-refractivity contribution in [2.45, 2.75) is 6.92 Å². The summed E-state index contributed by atoms with van der Waals surface area (Å²) in [5.41, 5.74) is 3.22. The summed E-state index contributed by atoms with van der Waals surface area (Å²) in [6, 6.07) is 10.5. The number of nitrogens with zero attached hydrogens (tertiary/aromatic N) is 1. The van der Waals surface area contributed by atoms with Gasteiger partial charge in [0.15, 0.2) is 4.77 Å². The standard InChI is InChI=1S/C15H13FN2OS/c1-9-3-6-13-12(7-9)17-15(20)18(13)14-8-10(19-2)4-5-11(14)16/h3-8H,1-2H3,(H,17,20). The van der Waals surface area contributed by atoms with Crippen LogP contribution in [0, 0.1) is 17.5 Å². The van der Waals surface area contributed by atoms with E-state index in [1.165, 1.54) is 6.07 Å². The summed E-state index contributed by atoms with van der Waals surface area (Å²) in [7, 11) is 1.55. The SMILES string of the molecule is COc1ccc(F)c(-n2c(=S)[nH]c3cc(C)ccc32)c1. The van der Waals surface area contributed by atoms with Crippen molar-refractivity contribution in [3.05, 3.63) is 52.5 Å². The fourth-order valence-electron chi connectivity index (χ4n) is 2.26. The number of H-pyrrole nitrogens is 1. The highest BCUT2D eigenvalue weighted by molar-refractivity contribution is 7.71. The lowest BCUT2D eigenvalue weighted by atomic mass is 10.2. The molecule has 1 heterocycles. The highest BCUT2D eigenvalue weighted by Crippen LogP contribution is 2.25. The number of nitrogens with one attached hydrogen (secondary N) is 1. The molecule has 1 N–H and O–H groups in total. The largest absolute Gasteiger partial charge is 0.497 e. The molecule has 0 aliphatic rings. The van der Waals surface area contributed by atoms with E-state index in [1.54, 1.807) is 23.8 Å². The molecule has 0 aliphatic carbocycles. The van der Waals surface area contributed by atoms with Crippen molar-refractivity contribution in [2.75, 3.05) is 7.11 Å². The number of aryl methyl sites for hydroxylation is 1. The summed E-state index contributed by atoms with van der Waals surface area (Å²) >= 11 is 5.32. The maximum atomic E-state index is 14.1. The molecule has 0 saturated heterocycles. The fourth-order valence-corrected chi connectivity index (χ4v) is 2.56. The van der Waals surface area contributed by atoms with Gasteiger partial charge in [0.1, 0.15) is 11.6 Å². The third-order valence-corrected chi connectivity index (χ3v) is 3.52. The molecule has 0 saturated carbocycles. The topological polar surface area (TPSA) is 29.9 Å². The van der Waals surface area contributed by atoms with Crippen LogP contribution in [-0.4, -0.2) is 16.7 Å². The lowest BCUT2D eigenvalue weighted by molar-refractivity contribution is 0.413. The molecule has 0 unspecified atom stereocenters. The van der Waals surface area contributed by atoms with E-state index in [0.717, 1.165) is 16.6 Å². The molecule has 0 bridgehead atoms. The van der Waals surface area contributed by atoms with Crippen LogP contribution in [0.1, 0.15) is 5.56 Å². The van der Waals surface area contributed by atoms with Gasteiger partial charge in [-0.3, -0.25) is 4.57 Å². The van der Waals surface area contributed by atoms with Crippen molar-refractivity contribution in [3.8, 4) is 11.4 Å². The number of benzene rings is 2. The number of ether oxygens (including phenoxy) is 1. The van der Waals surface area contributed by atoms with Crippen molar-refractivity contribution >= 4 is 23.3 Å². The van der Waals surface area contributed by atoms with Gasteiger partial charge < -0.3 is 9.72 Å². The van der Waals surface area contributed by atoms with Crippen molar-refractivity contribution < 1.29 is 9.13 Å². The van der Waals surface area contributed by atoms with Gasteiger partial charge in [-0.25, -0.2) is 4.39 Å². The Kier molecular flexibility index (Phi) is 3.06. The molecule has 3 aromatic rings. The van der Waals surface area contributed by atoms with E-state index in [-0.39, 0.29) is 5.82 Å². The Hall–Kier alpha value is -2.14. The first-order chi connectivity index (χ1) is 9.60. The number of imidazole rings is 1. The lowest BCUT2D eigenvalue weighted by Crippen LogP contribution is -1.98. The Morgan fingerprint density at radius 2 is 2.00 bits per heavy atom. The summed E-state index contributed by atoms with van der Waals surface area (Å²) in [5.74, 6) is 0.244. The number of fused-ring (bicyclic) bond motifs is 1. The van der Waals surface area contributed by atoms with Gasteiger partial charge in [0.05, 0.1) is 23.8 Å². The quantitative estimate of drug-likeness (QED) is 0.718. The van der Waals surface area contributed by atoms with Crippen LogP contribution in [0.25, 0.3) is 16.7 Å².